The van der Waals surface area contributed by atoms with Crippen molar-refractivity contribution in [1.82, 2.24) is 9.88 Å². The van der Waals surface area contributed by atoms with E-state index >= 15 is 0 Å². The second-order valence-electron chi connectivity index (χ2n) is 10.7. The summed E-state index contributed by atoms with van der Waals surface area (Å²) in [4.78, 5) is 18.7. The molecule has 2 fully saturated rings. The first-order valence-electron chi connectivity index (χ1n) is 13.1. The lowest BCUT2D eigenvalue weighted by Crippen LogP contribution is -2.42. The Hall–Kier alpha value is -1.89. The molecule has 0 amide bonds. The third kappa shape index (κ3) is 6.66. The zero-order valence-electron chi connectivity index (χ0n) is 20.8. The van der Waals surface area contributed by atoms with Gasteiger partial charge < -0.3 is 19.8 Å². The third-order valence-corrected chi connectivity index (χ3v) is 8.67. The van der Waals surface area contributed by atoms with Crippen molar-refractivity contribution in [2.75, 3.05) is 26.7 Å². The van der Waals surface area contributed by atoms with Gasteiger partial charge in [-0.25, -0.2) is 0 Å². The number of fused-ring (bicyclic) bond motifs is 1. The second-order valence-corrected chi connectivity index (χ2v) is 11.1. The number of pyridine rings is 1. The van der Waals surface area contributed by atoms with E-state index in [9.17, 15) is 15.0 Å². The number of ether oxygens (including phenoxy) is 1. The second kappa shape index (κ2) is 11.9. The number of aliphatic hydroxyl groups excluding tert-OH is 1. The number of aliphatic carboxylic acids is 1. The van der Waals surface area contributed by atoms with Crippen LogP contribution in [0.4, 0.5) is 0 Å². The molecule has 1 saturated heterocycles. The Labute approximate surface area is 213 Å². The molecule has 1 aliphatic heterocycles. The molecule has 1 aromatic carbocycles. The number of halogens is 1. The molecule has 0 spiro atoms. The Bertz CT molecular complexity index is 1000. The summed E-state index contributed by atoms with van der Waals surface area (Å²) in [5.74, 6) is 0.786. The first-order chi connectivity index (χ1) is 16.9. The van der Waals surface area contributed by atoms with Gasteiger partial charge >= 0.3 is 5.97 Å². The number of aromatic nitrogens is 1. The molecule has 7 heteroatoms. The Balaban J connectivity index is 1.40. The summed E-state index contributed by atoms with van der Waals surface area (Å²) in [5.41, 5.74) is 1.10. The molecular weight excluding hydrogens is 464 g/mol. The van der Waals surface area contributed by atoms with Crippen LogP contribution in [-0.4, -0.2) is 52.8 Å². The van der Waals surface area contributed by atoms with Gasteiger partial charge in [0.15, 0.2) is 0 Å². The summed E-state index contributed by atoms with van der Waals surface area (Å²) < 4.78 is 5.36. The monoisotopic (exact) mass is 502 g/mol. The predicted molar refractivity (Wildman–Crippen MR) is 139 cm³/mol. The summed E-state index contributed by atoms with van der Waals surface area (Å²) in [7, 11) is 1.60. The van der Waals surface area contributed by atoms with Gasteiger partial charge in [0.2, 0.25) is 0 Å². The topological polar surface area (TPSA) is 82.9 Å². The lowest BCUT2D eigenvalue weighted by Gasteiger charge is -2.42. The molecule has 4 rings (SSSR count). The van der Waals surface area contributed by atoms with E-state index in [1.807, 2.05) is 18.2 Å². The SMILES string of the molecule is COc1ccc2ncc(Cl)c([C@H](O)CCC3(CC(=O)O)CCN(CCC4CCCCC4)CC3)c2c1. The van der Waals surface area contributed by atoms with Crippen LogP contribution in [0.1, 0.15) is 82.3 Å². The van der Waals surface area contributed by atoms with E-state index in [1.54, 1.807) is 13.3 Å². The van der Waals surface area contributed by atoms with Crippen LogP contribution in [0.2, 0.25) is 5.02 Å². The molecule has 0 bridgehead atoms. The van der Waals surface area contributed by atoms with E-state index in [1.165, 1.54) is 38.5 Å². The largest absolute Gasteiger partial charge is 0.497 e. The number of rotatable bonds is 10. The lowest BCUT2D eigenvalue weighted by atomic mass is 9.71. The van der Waals surface area contributed by atoms with E-state index < -0.39 is 12.1 Å². The van der Waals surface area contributed by atoms with Crippen molar-refractivity contribution in [3.8, 4) is 5.75 Å². The number of nitrogens with zero attached hydrogens (tertiary/aromatic N) is 2. The minimum atomic E-state index is -0.796. The number of carboxylic acids is 1. The fraction of sp³-hybridized carbons (Fsp3) is 0.643. The number of benzene rings is 1. The molecule has 2 aromatic rings. The average molecular weight is 503 g/mol. The van der Waals surface area contributed by atoms with Crippen LogP contribution in [-0.2, 0) is 4.79 Å². The van der Waals surface area contributed by atoms with Gasteiger partial charge in [-0.1, -0.05) is 43.7 Å². The first-order valence-corrected chi connectivity index (χ1v) is 13.5. The molecule has 35 heavy (non-hydrogen) atoms. The van der Waals surface area contributed by atoms with Crippen molar-refractivity contribution in [3.05, 3.63) is 35.0 Å². The fourth-order valence-corrected chi connectivity index (χ4v) is 6.43. The van der Waals surface area contributed by atoms with E-state index in [4.69, 9.17) is 16.3 Å². The molecule has 0 unspecified atom stereocenters. The fourth-order valence-electron chi connectivity index (χ4n) is 6.15. The molecule has 1 aromatic heterocycles. The minimum absolute atomic E-state index is 0.148. The highest BCUT2D eigenvalue weighted by atomic mass is 35.5. The number of likely N-dealkylation sites (tertiary alicyclic amines) is 1. The molecule has 0 radical (unpaired) electrons. The molecule has 1 atom stereocenters. The van der Waals surface area contributed by atoms with Gasteiger partial charge in [0.05, 0.1) is 30.2 Å². The highest BCUT2D eigenvalue weighted by Gasteiger charge is 2.37. The van der Waals surface area contributed by atoms with Crippen molar-refractivity contribution >= 4 is 28.5 Å². The predicted octanol–water partition coefficient (Wildman–Crippen LogP) is 6.24. The third-order valence-electron chi connectivity index (χ3n) is 8.37. The molecule has 6 nitrogen and oxygen atoms in total. The van der Waals surface area contributed by atoms with Crippen LogP contribution < -0.4 is 4.74 Å². The Morgan fingerprint density at radius 2 is 2.00 bits per heavy atom. The van der Waals surface area contributed by atoms with Crippen LogP contribution in [0.3, 0.4) is 0 Å². The highest BCUT2D eigenvalue weighted by Crippen LogP contribution is 2.43. The number of hydrogen-bond donors (Lipinski definition) is 2. The summed E-state index contributed by atoms with van der Waals surface area (Å²) in [6, 6.07) is 5.55. The first kappa shape index (κ1) is 26.2. The Morgan fingerprint density at radius 1 is 1.26 bits per heavy atom. The molecular formula is C28H39ClN2O4. The highest BCUT2D eigenvalue weighted by molar-refractivity contribution is 6.32. The maximum absolute atomic E-state index is 11.8. The van der Waals surface area contributed by atoms with Crippen molar-refractivity contribution < 1.29 is 19.7 Å². The molecule has 1 saturated carbocycles. The van der Waals surface area contributed by atoms with Gasteiger partial charge in [0.25, 0.3) is 0 Å². The van der Waals surface area contributed by atoms with Gasteiger partial charge in [-0.05, 0) is 81.3 Å². The van der Waals surface area contributed by atoms with Gasteiger partial charge in [-0.2, -0.15) is 0 Å². The van der Waals surface area contributed by atoms with Crippen molar-refractivity contribution in [3.63, 3.8) is 0 Å². The number of carbonyl (C=O) groups is 1. The molecule has 192 valence electrons. The van der Waals surface area contributed by atoms with Gasteiger partial charge in [-0.3, -0.25) is 9.78 Å². The smallest absolute Gasteiger partial charge is 0.303 e. The number of methoxy groups -OCH3 is 1. The summed E-state index contributed by atoms with van der Waals surface area (Å²) in [5, 5.41) is 22.1. The van der Waals surface area contributed by atoms with E-state index in [0.717, 1.165) is 49.3 Å². The van der Waals surface area contributed by atoms with Crippen LogP contribution in [0.15, 0.2) is 24.4 Å². The van der Waals surface area contributed by atoms with E-state index in [0.29, 0.717) is 29.2 Å². The number of carboxylic acid groups (broad SMARTS) is 1. The Morgan fingerprint density at radius 3 is 2.69 bits per heavy atom. The van der Waals surface area contributed by atoms with Crippen molar-refractivity contribution in [2.45, 2.75) is 76.7 Å². The molecule has 2 heterocycles. The van der Waals surface area contributed by atoms with Gasteiger partial charge in [0, 0.05) is 17.1 Å². The Kier molecular flexibility index (Phi) is 8.90. The minimum Gasteiger partial charge on any atom is -0.497 e. The van der Waals surface area contributed by atoms with Crippen molar-refractivity contribution in [2.24, 2.45) is 11.3 Å². The summed E-state index contributed by atoms with van der Waals surface area (Å²) in [6.45, 7) is 3.00. The molecule has 2 N–H and O–H groups in total. The quantitative estimate of drug-likeness (QED) is 0.400. The van der Waals surface area contributed by atoms with Crippen LogP contribution in [0.5, 0.6) is 5.75 Å². The van der Waals surface area contributed by atoms with E-state index in [-0.39, 0.29) is 11.8 Å². The average Bonchev–Trinajstić information content (AvgIpc) is 2.87. The van der Waals surface area contributed by atoms with Crippen molar-refractivity contribution in [1.29, 1.82) is 0 Å². The number of aliphatic hydroxyl groups is 1. The zero-order chi connectivity index (χ0) is 24.8. The molecule has 1 aliphatic carbocycles. The number of piperidine rings is 1. The summed E-state index contributed by atoms with van der Waals surface area (Å²) >= 11 is 6.49. The van der Waals surface area contributed by atoms with E-state index in [2.05, 4.69) is 9.88 Å². The van der Waals surface area contributed by atoms with Crippen LogP contribution in [0.25, 0.3) is 10.9 Å². The standard InChI is InChI=1S/C28H39ClN2O4/c1-35-21-7-8-24-22(17-21)27(23(29)19-30-24)25(32)9-11-28(18-26(33)34)12-15-31(16-13-28)14-10-20-5-3-2-4-6-20/h7-8,17,19-20,25,32H,2-6,9-16,18H2,1H3,(H,33,34)/t25-/m1/s1. The van der Waals surface area contributed by atoms with Gasteiger partial charge in [-0.15, -0.1) is 0 Å². The maximum atomic E-state index is 11.8. The lowest BCUT2D eigenvalue weighted by molar-refractivity contribution is -0.141. The van der Waals surface area contributed by atoms with Crippen LogP contribution >= 0.6 is 11.6 Å². The molecule has 2 aliphatic rings. The van der Waals surface area contributed by atoms with Gasteiger partial charge in [0.1, 0.15) is 5.75 Å². The summed E-state index contributed by atoms with van der Waals surface area (Å²) in [6.07, 6.45) is 11.9. The maximum Gasteiger partial charge on any atom is 0.303 e. The zero-order valence-corrected chi connectivity index (χ0v) is 21.6. The van der Waals surface area contributed by atoms with Crippen LogP contribution in [0, 0.1) is 11.3 Å². The number of hydrogen-bond acceptors (Lipinski definition) is 5. The normalized spacial score (nSPS) is 20.1.